The van der Waals surface area contributed by atoms with Gasteiger partial charge in [0.15, 0.2) is 29.0 Å². The first-order chi connectivity index (χ1) is 15.8. The van der Waals surface area contributed by atoms with Gasteiger partial charge in [0.2, 0.25) is 0 Å². The normalized spacial score (nSPS) is 29.4. The molecular weight excluding hydrogens is 428 g/mol. The lowest BCUT2D eigenvalue weighted by Gasteiger charge is -2.24. The summed E-state index contributed by atoms with van der Waals surface area (Å²) in [6, 6.07) is 0.300. The first kappa shape index (κ1) is 22.5. The molecule has 180 valence electrons. The average Bonchev–Trinajstić information content (AvgIpc) is 3.52. The molecule has 11 heteroatoms. The highest BCUT2D eigenvalue weighted by Gasteiger charge is 2.56. The minimum Gasteiger partial charge on any atom is -0.460 e. The molecule has 33 heavy (non-hydrogen) atoms. The summed E-state index contributed by atoms with van der Waals surface area (Å²) in [5.74, 6) is -0.264. The molecule has 0 amide bonds. The Balaban J connectivity index is 1.54. The van der Waals surface area contributed by atoms with Crippen molar-refractivity contribution < 1.29 is 23.7 Å². The maximum atomic E-state index is 6.33. The van der Waals surface area contributed by atoms with Crippen molar-refractivity contribution in [1.29, 1.82) is 0 Å². The Morgan fingerprint density at radius 3 is 2.70 bits per heavy atom. The molecule has 0 aromatic carbocycles. The van der Waals surface area contributed by atoms with Crippen LogP contribution in [0.5, 0.6) is 6.01 Å². The summed E-state index contributed by atoms with van der Waals surface area (Å²) >= 11 is 0. The van der Waals surface area contributed by atoms with Crippen LogP contribution in [-0.2, 0) is 18.9 Å². The molecule has 5 rings (SSSR count). The second kappa shape index (κ2) is 8.79. The molecule has 0 radical (unpaired) electrons. The molecule has 0 bridgehead atoms. The molecule has 0 spiro atoms. The molecule has 3 fully saturated rings. The molecule has 1 saturated carbocycles. The number of aromatic nitrogens is 4. The molecule has 4 heterocycles. The smallest absolute Gasteiger partial charge is 0.320 e. The Hall–Kier alpha value is -2.34. The summed E-state index contributed by atoms with van der Waals surface area (Å²) in [7, 11) is 5.45. The number of hydrogen-bond acceptors (Lipinski definition) is 9. The van der Waals surface area contributed by atoms with Crippen LogP contribution in [0.15, 0.2) is 11.3 Å². The Labute approximate surface area is 193 Å². The molecule has 1 aliphatic carbocycles. The molecule has 0 unspecified atom stereocenters. The highest BCUT2D eigenvalue weighted by Crippen LogP contribution is 2.44. The van der Waals surface area contributed by atoms with Gasteiger partial charge in [-0.25, -0.2) is 9.98 Å². The minimum absolute atomic E-state index is 0.120. The van der Waals surface area contributed by atoms with E-state index in [1.807, 2.05) is 37.4 Å². The lowest BCUT2D eigenvalue weighted by Crippen LogP contribution is -2.32. The SMILES string of the molecule is COC[C@H]1O[C@@H](n2cnc3c(N=CN(C)C)nc(OC4CCCC4)nc32)[C@@H]2OC(C)(C)O[C@@H]21. The summed E-state index contributed by atoms with van der Waals surface area (Å²) in [4.78, 5) is 20.2. The van der Waals surface area contributed by atoms with Gasteiger partial charge in [-0.3, -0.25) is 4.57 Å². The average molecular weight is 461 g/mol. The van der Waals surface area contributed by atoms with E-state index in [0.29, 0.717) is 29.6 Å². The molecule has 2 aliphatic heterocycles. The van der Waals surface area contributed by atoms with Crippen molar-refractivity contribution in [1.82, 2.24) is 24.4 Å². The number of imidazole rings is 1. The van der Waals surface area contributed by atoms with E-state index in [0.717, 1.165) is 25.7 Å². The predicted octanol–water partition coefficient (Wildman–Crippen LogP) is 2.43. The summed E-state index contributed by atoms with van der Waals surface area (Å²) in [6.07, 6.45) is 6.48. The van der Waals surface area contributed by atoms with Gasteiger partial charge in [0.25, 0.3) is 0 Å². The van der Waals surface area contributed by atoms with Crippen LogP contribution in [-0.4, -0.2) is 88.8 Å². The maximum absolute atomic E-state index is 6.33. The van der Waals surface area contributed by atoms with E-state index in [9.17, 15) is 0 Å². The van der Waals surface area contributed by atoms with E-state index >= 15 is 0 Å². The van der Waals surface area contributed by atoms with E-state index in [2.05, 4.69) is 15.0 Å². The fraction of sp³-hybridized carbons (Fsp3) is 0.727. The highest BCUT2D eigenvalue weighted by molar-refractivity contribution is 5.83. The number of ether oxygens (including phenoxy) is 5. The van der Waals surface area contributed by atoms with Crippen molar-refractivity contribution in [2.45, 2.75) is 76.0 Å². The van der Waals surface area contributed by atoms with Crippen LogP contribution in [0.1, 0.15) is 45.8 Å². The fourth-order valence-corrected chi connectivity index (χ4v) is 4.72. The van der Waals surface area contributed by atoms with Crippen LogP contribution in [0.4, 0.5) is 5.82 Å². The van der Waals surface area contributed by atoms with E-state index in [1.165, 1.54) is 0 Å². The van der Waals surface area contributed by atoms with Gasteiger partial charge in [-0.2, -0.15) is 9.97 Å². The standard InChI is InChI=1S/C22H32N6O5/c1-22(2)32-16-14(10-29-5)31-20(17(16)33-22)28-12-23-15-18(24-11-27(3)4)25-21(26-19(15)28)30-13-8-6-7-9-13/h11-14,16-17,20H,6-10H2,1-5H3/t14-,16-,17-,20-/m1/s1. The largest absolute Gasteiger partial charge is 0.460 e. The van der Waals surface area contributed by atoms with Gasteiger partial charge in [-0.05, 0) is 39.5 Å². The zero-order valence-corrected chi connectivity index (χ0v) is 19.8. The quantitative estimate of drug-likeness (QED) is 0.455. The van der Waals surface area contributed by atoms with Crippen LogP contribution in [0.25, 0.3) is 11.2 Å². The van der Waals surface area contributed by atoms with E-state index in [-0.39, 0.29) is 24.4 Å². The maximum Gasteiger partial charge on any atom is 0.320 e. The molecular formula is C22H32N6O5. The van der Waals surface area contributed by atoms with Gasteiger partial charge in [0.1, 0.15) is 24.4 Å². The zero-order valence-electron chi connectivity index (χ0n) is 19.8. The van der Waals surface area contributed by atoms with Crippen molar-refractivity contribution in [2.24, 2.45) is 4.99 Å². The lowest BCUT2D eigenvalue weighted by atomic mass is 10.1. The molecule has 2 aromatic heterocycles. The zero-order chi connectivity index (χ0) is 23.2. The summed E-state index contributed by atoms with van der Waals surface area (Å²) in [5.41, 5.74) is 1.15. The Morgan fingerprint density at radius 1 is 1.21 bits per heavy atom. The van der Waals surface area contributed by atoms with Crippen molar-refractivity contribution in [3.8, 4) is 6.01 Å². The number of nitrogens with zero attached hydrogens (tertiary/aromatic N) is 6. The second-order valence-electron chi connectivity index (χ2n) is 9.47. The predicted molar refractivity (Wildman–Crippen MR) is 120 cm³/mol. The lowest BCUT2D eigenvalue weighted by molar-refractivity contribution is -0.200. The Morgan fingerprint density at radius 2 is 1.97 bits per heavy atom. The molecule has 2 saturated heterocycles. The number of rotatable bonds is 7. The molecule has 4 atom stereocenters. The first-order valence-electron chi connectivity index (χ1n) is 11.5. The Kier molecular flexibility index (Phi) is 5.98. The molecule has 11 nitrogen and oxygen atoms in total. The molecule has 3 aliphatic rings. The monoisotopic (exact) mass is 460 g/mol. The topological polar surface area (TPSA) is 105 Å². The van der Waals surface area contributed by atoms with Crippen LogP contribution < -0.4 is 4.74 Å². The Bertz CT molecular complexity index is 1020. The third-order valence-electron chi connectivity index (χ3n) is 6.10. The van der Waals surface area contributed by atoms with Crippen molar-refractivity contribution >= 4 is 23.3 Å². The first-order valence-corrected chi connectivity index (χ1v) is 11.5. The van der Waals surface area contributed by atoms with Crippen molar-refractivity contribution in [3.63, 3.8) is 0 Å². The molecule has 2 aromatic rings. The van der Waals surface area contributed by atoms with Crippen LogP contribution >= 0.6 is 0 Å². The number of fused-ring (bicyclic) bond motifs is 2. The van der Waals surface area contributed by atoms with E-state index in [4.69, 9.17) is 28.7 Å². The minimum atomic E-state index is -0.716. The number of hydrogen-bond donors (Lipinski definition) is 0. The van der Waals surface area contributed by atoms with Crippen LogP contribution in [0.3, 0.4) is 0 Å². The third-order valence-corrected chi connectivity index (χ3v) is 6.10. The summed E-state index contributed by atoms with van der Waals surface area (Å²) in [5, 5.41) is 0. The highest BCUT2D eigenvalue weighted by atomic mass is 16.8. The third kappa shape index (κ3) is 4.42. The van der Waals surface area contributed by atoms with Gasteiger partial charge in [0, 0.05) is 21.2 Å². The van der Waals surface area contributed by atoms with Crippen molar-refractivity contribution in [3.05, 3.63) is 6.33 Å². The van der Waals surface area contributed by atoms with Gasteiger partial charge < -0.3 is 28.6 Å². The van der Waals surface area contributed by atoms with Gasteiger partial charge in [-0.1, -0.05) is 0 Å². The second-order valence-corrected chi connectivity index (χ2v) is 9.47. The van der Waals surface area contributed by atoms with Gasteiger partial charge in [0.05, 0.1) is 19.3 Å². The molecule has 0 N–H and O–H groups in total. The summed E-state index contributed by atoms with van der Waals surface area (Å²) in [6.45, 7) is 4.21. The van der Waals surface area contributed by atoms with Gasteiger partial charge >= 0.3 is 6.01 Å². The van der Waals surface area contributed by atoms with Crippen LogP contribution in [0, 0.1) is 0 Å². The number of aliphatic imine (C=N–C) groups is 1. The number of methoxy groups -OCH3 is 1. The van der Waals surface area contributed by atoms with E-state index < -0.39 is 12.0 Å². The van der Waals surface area contributed by atoms with E-state index in [1.54, 1.807) is 19.8 Å². The van der Waals surface area contributed by atoms with Crippen LogP contribution in [0.2, 0.25) is 0 Å². The summed E-state index contributed by atoms with van der Waals surface area (Å²) < 4.78 is 32.0. The fourth-order valence-electron chi connectivity index (χ4n) is 4.72. The van der Waals surface area contributed by atoms with Crippen molar-refractivity contribution in [2.75, 3.05) is 27.8 Å². The van der Waals surface area contributed by atoms with Gasteiger partial charge in [-0.15, -0.1) is 0 Å².